The Morgan fingerprint density at radius 1 is 1.13 bits per heavy atom. The predicted octanol–water partition coefficient (Wildman–Crippen LogP) is 4.15. The third-order valence-corrected chi connectivity index (χ3v) is 6.55. The molecule has 5 rings (SSSR count). The molecule has 154 valence electrons. The fourth-order valence-corrected chi connectivity index (χ4v) is 4.89. The summed E-state index contributed by atoms with van der Waals surface area (Å²) in [6.07, 6.45) is 8.15. The van der Waals surface area contributed by atoms with Crippen molar-refractivity contribution in [3.8, 4) is 0 Å². The molecule has 2 aromatic carbocycles. The molecular formula is C25H27N3O2. The zero-order valence-corrected chi connectivity index (χ0v) is 17.3. The molecule has 30 heavy (non-hydrogen) atoms. The average Bonchev–Trinajstić information content (AvgIpc) is 2.76. The standard InChI is InChI=1S/C25H27N3O2/c1-17-10-11-18(14-28(17)30)12-19-13-20-15-27(23-8-4-5-9-24(23)29)16-26-25(20)22-7-3-2-6-21(19)22/h2-3,6-7,10-11,13-14,16,23-24,29H,4-5,8-9,12,15H2,1H3/t23-,24-/m0/s1. The van der Waals surface area contributed by atoms with Crippen LogP contribution in [0.2, 0.25) is 0 Å². The predicted molar refractivity (Wildman–Crippen MR) is 119 cm³/mol. The minimum absolute atomic E-state index is 0.141. The lowest BCUT2D eigenvalue weighted by Gasteiger charge is -2.38. The number of nitrogens with zero attached hydrogens (tertiary/aromatic N) is 3. The van der Waals surface area contributed by atoms with E-state index in [-0.39, 0.29) is 12.1 Å². The van der Waals surface area contributed by atoms with E-state index in [2.05, 4.69) is 35.2 Å². The van der Waals surface area contributed by atoms with Crippen LogP contribution in [0.3, 0.4) is 0 Å². The Morgan fingerprint density at radius 2 is 1.93 bits per heavy atom. The second-order valence-corrected chi connectivity index (χ2v) is 8.61. The maximum absolute atomic E-state index is 12.0. The van der Waals surface area contributed by atoms with Crippen LogP contribution in [0.15, 0.2) is 53.7 Å². The number of aliphatic imine (C=N–C) groups is 1. The summed E-state index contributed by atoms with van der Waals surface area (Å²) in [7, 11) is 0. The van der Waals surface area contributed by atoms with Crippen LogP contribution in [-0.4, -0.2) is 28.5 Å². The molecule has 0 amide bonds. The molecule has 0 radical (unpaired) electrons. The van der Waals surface area contributed by atoms with Crippen LogP contribution in [0.4, 0.5) is 5.69 Å². The van der Waals surface area contributed by atoms with Gasteiger partial charge in [-0.3, -0.25) is 0 Å². The highest BCUT2D eigenvalue weighted by Crippen LogP contribution is 2.37. The maximum atomic E-state index is 12.0. The fourth-order valence-electron chi connectivity index (χ4n) is 4.89. The molecule has 0 bridgehead atoms. The van der Waals surface area contributed by atoms with E-state index in [1.807, 2.05) is 25.4 Å². The van der Waals surface area contributed by atoms with Crippen molar-refractivity contribution in [2.75, 3.05) is 0 Å². The first-order chi connectivity index (χ1) is 14.6. The van der Waals surface area contributed by atoms with E-state index in [0.717, 1.165) is 53.6 Å². The number of aliphatic hydroxyl groups is 1. The van der Waals surface area contributed by atoms with E-state index < -0.39 is 0 Å². The van der Waals surface area contributed by atoms with Gasteiger partial charge in [-0.05, 0) is 35.4 Å². The number of hydrogen-bond donors (Lipinski definition) is 1. The molecule has 2 heterocycles. The lowest BCUT2D eigenvalue weighted by Crippen LogP contribution is -2.45. The van der Waals surface area contributed by atoms with Crippen molar-refractivity contribution in [1.29, 1.82) is 0 Å². The molecule has 0 unspecified atom stereocenters. The van der Waals surface area contributed by atoms with E-state index >= 15 is 0 Å². The van der Waals surface area contributed by atoms with Crippen molar-refractivity contribution in [2.24, 2.45) is 4.99 Å². The van der Waals surface area contributed by atoms with Gasteiger partial charge in [0.25, 0.3) is 0 Å². The molecule has 1 saturated carbocycles. The van der Waals surface area contributed by atoms with Crippen molar-refractivity contribution in [2.45, 2.75) is 57.7 Å². The van der Waals surface area contributed by atoms with Crippen molar-refractivity contribution in [3.63, 3.8) is 0 Å². The van der Waals surface area contributed by atoms with Crippen molar-refractivity contribution < 1.29 is 9.84 Å². The molecule has 1 N–H and O–H groups in total. The molecule has 1 aliphatic heterocycles. The van der Waals surface area contributed by atoms with Crippen LogP contribution in [-0.2, 0) is 13.0 Å². The number of rotatable bonds is 3. The second-order valence-electron chi connectivity index (χ2n) is 8.61. The Balaban J connectivity index is 1.54. The van der Waals surface area contributed by atoms with Gasteiger partial charge in [0.2, 0.25) is 0 Å². The van der Waals surface area contributed by atoms with Crippen LogP contribution < -0.4 is 4.73 Å². The molecule has 1 fully saturated rings. The van der Waals surface area contributed by atoms with Gasteiger partial charge in [-0.15, -0.1) is 0 Å². The first-order valence-electron chi connectivity index (χ1n) is 10.8. The summed E-state index contributed by atoms with van der Waals surface area (Å²) in [4.78, 5) is 7.03. The summed E-state index contributed by atoms with van der Waals surface area (Å²) >= 11 is 0. The second kappa shape index (κ2) is 7.73. The summed E-state index contributed by atoms with van der Waals surface area (Å²) < 4.78 is 0.937. The van der Waals surface area contributed by atoms with Gasteiger partial charge in [0.15, 0.2) is 11.9 Å². The Bertz CT molecular complexity index is 1120. The van der Waals surface area contributed by atoms with Gasteiger partial charge in [0.1, 0.15) is 0 Å². The lowest BCUT2D eigenvalue weighted by molar-refractivity contribution is -0.612. The van der Waals surface area contributed by atoms with Crippen molar-refractivity contribution >= 4 is 22.8 Å². The summed E-state index contributed by atoms with van der Waals surface area (Å²) in [6, 6.07) is 14.7. The van der Waals surface area contributed by atoms with Crippen LogP contribution in [0.1, 0.15) is 48.1 Å². The molecule has 2 aliphatic rings. The van der Waals surface area contributed by atoms with Gasteiger partial charge in [-0.2, -0.15) is 4.73 Å². The molecule has 3 aromatic rings. The number of aliphatic hydroxyl groups excluding tert-OH is 1. The number of pyridine rings is 1. The smallest absolute Gasteiger partial charge is 0.189 e. The molecule has 5 nitrogen and oxygen atoms in total. The van der Waals surface area contributed by atoms with Crippen LogP contribution in [0.25, 0.3) is 10.8 Å². The van der Waals surface area contributed by atoms with E-state index in [1.54, 1.807) is 6.20 Å². The first kappa shape index (κ1) is 19.1. The molecule has 5 heteroatoms. The van der Waals surface area contributed by atoms with Crippen LogP contribution >= 0.6 is 0 Å². The van der Waals surface area contributed by atoms with Gasteiger partial charge < -0.3 is 15.2 Å². The number of hydrogen-bond acceptors (Lipinski definition) is 4. The third kappa shape index (κ3) is 3.43. The number of aryl methyl sites for hydroxylation is 1. The van der Waals surface area contributed by atoms with Gasteiger partial charge in [-0.25, -0.2) is 4.99 Å². The van der Waals surface area contributed by atoms with Gasteiger partial charge in [-0.1, -0.05) is 43.2 Å². The SMILES string of the molecule is Cc1ccc(Cc2cc3c(c4ccccc24)N=CN([C@H]2CCCC[C@@H]2O)C3)c[n+]1[O-]. The molecule has 0 saturated heterocycles. The van der Waals surface area contributed by atoms with Gasteiger partial charge >= 0.3 is 0 Å². The van der Waals surface area contributed by atoms with E-state index in [9.17, 15) is 10.3 Å². The monoisotopic (exact) mass is 401 g/mol. The Kier molecular flexibility index (Phi) is 4.91. The highest BCUT2D eigenvalue weighted by molar-refractivity contribution is 5.98. The summed E-state index contributed by atoms with van der Waals surface area (Å²) in [5.74, 6) is 0. The molecule has 1 aliphatic carbocycles. The highest BCUT2D eigenvalue weighted by Gasteiger charge is 2.29. The first-order valence-corrected chi connectivity index (χ1v) is 10.8. The zero-order valence-electron chi connectivity index (χ0n) is 17.3. The van der Waals surface area contributed by atoms with Crippen molar-refractivity contribution in [3.05, 3.63) is 76.3 Å². The van der Waals surface area contributed by atoms with E-state index in [0.29, 0.717) is 12.1 Å². The normalized spacial score (nSPS) is 21.1. The minimum atomic E-state index is -0.285. The molecule has 1 aromatic heterocycles. The van der Waals surface area contributed by atoms with E-state index in [1.165, 1.54) is 16.5 Å². The molecule has 0 spiro atoms. The quantitative estimate of drug-likeness (QED) is 0.530. The molecular weight excluding hydrogens is 374 g/mol. The summed E-state index contributed by atoms with van der Waals surface area (Å²) in [5.41, 5.74) is 5.11. The zero-order chi connectivity index (χ0) is 20.7. The van der Waals surface area contributed by atoms with Crippen molar-refractivity contribution in [1.82, 2.24) is 4.90 Å². The van der Waals surface area contributed by atoms with Crippen LogP contribution in [0, 0.1) is 12.1 Å². The Hall–Kier alpha value is -2.92. The molecule has 2 atom stereocenters. The Morgan fingerprint density at radius 3 is 2.73 bits per heavy atom. The van der Waals surface area contributed by atoms with E-state index in [4.69, 9.17) is 4.99 Å². The fraction of sp³-hybridized carbons (Fsp3) is 0.360. The largest absolute Gasteiger partial charge is 0.619 e. The topological polar surface area (TPSA) is 62.8 Å². The number of fused-ring (bicyclic) bond motifs is 3. The third-order valence-electron chi connectivity index (χ3n) is 6.55. The van der Waals surface area contributed by atoms with Gasteiger partial charge in [0, 0.05) is 36.9 Å². The maximum Gasteiger partial charge on any atom is 0.189 e. The number of aromatic nitrogens is 1. The Labute approximate surface area is 176 Å². The lowest BCUT2D eigenvalue weighted by atomic mass is 9.90. The summed E-state index contributed by atoms with van der Waals surface area (Å²) in [6.45, 7) is 2.57. The van der Waals surface area contributed by atoms with Crippen LogP contribution in [0.5, 0.6) is 0 Å². The highest BCUT2D eigenvalue weighted by atomic mass is 16.5. The summed E-state index contributed by atoms with van der Waals surface area (Å²) in [5, 5.41) is 24.9. The number of benzene rings is 2. The average molecular weight is 402 g/mol. The minimum Gasteiger partial charge on any atom is -0.619 e. The van der Waals surface area contributed by atoms with Gasteiger partial charge in [0.05, 0.1) is 24.2 Å².